The van der Waals surface area contributed by atoms with Crippen LogP contribution in [0.1, 0.15) is 44.0 Å². The Labute approximate surface area is 144 Å². The SMILES string of the molecule is CCc1cccc2c3c([nH]c12)C(C)(C(O)(CC)CN(C)C)OCC3. The van der Waals surface area contributed by atoms with Gasteiger partial charge in [-0.25, -0.2) is 0 Å². The van der Waals surface area contributed by atoms with Crippen LogP contribution in [0.5, 0.6) is 0 Å². The molecule has 0 bridgehead atoms. The van der Waals surface area contributed by atoms with Gasteiger partial charge >= 0.3 is 0 Å². The van der Waals surface area contributed by atoms with Crippen molar-refractivity contribution in [3.63, 3.8) is 0 Å². The zero-order valence-electron chi connectivity index (χ0n) is 15.6. The van der Waals surface area contributed by atoms with E-state index in [2.05, 4.69) is 30.1 Å². The van der Waals surface area contributed by atoms with Crippen LogP contribution in [0.15, 0.2) is 18.2 Å². The van der Waals surface area contributed by atoms with Crippen LogP contribution < -0.4 is 0 Å². The molecular formula is C20H30N2O2. The van der Waals surface area contributed by atoms with Crippen molar-refractivity contribution in [1.29, 1.82) is 0 Å². The van der Waals surface area contributed by atoms with Gasteiger partial charge in [-0.1, -0.05) is 32.0 Å². The predicted molar refractivity (Wildman–Crippen MR) is 98.5 cm³/mol. The zero-order chi connectivity index (χ0) is 17.5. The van der Waals surface area contributed by atoms with Gasteiger partial charge in [-0.3, -0.25) is 0 Å². The standard InChI is InChI=1S/C20H30N2O2/c1-6-14-9-8-10-15-16-11-12-24-19(3,18(16)21-17(14)15)20(23,7-2)13-22(4)5/h8-10,21,23H,6-7,11-13H2,1-5H3. The number of rotatable bonds is 5. The molecule has 2 heterocycles. The van der Waals surface area contributed by atoms with Crippen molar-refractivity contribution in [3.8, 4) is 0 Å². The highest BCUT2D eigenvalue weighted by atomic mass is 16.5. The van der Waals surface area contributed by atoms with Crippen LogP contribution >= 0.6 is 0 Å². The van der Waals surface area contributed by atoms with E-state index >= 15 is 0 Å². The van der Waals surface area contributed by atoms with Gasteiger partial charge in [0.25, 0.3) is 0 Å². The summed E-state index contributed by atoms with van der Waals surface area (Å²) in [4.78, 5) is 5.67. The first-order valence-corrected chi connectivity index (χ1v) is 9.00. The molecule has 0 radical (unpaired) electrons. The van der Waals surface area contributed by atoms with E-state index in [9.17, 15) is 5.11 Å². The lowest BCUT2D eigenvalue weighted by atomic mass is 9.76. The average Bonchev–Trinajstić information content (AvgIpc) is 2.94. The van der Waals surface area contributed by atoms with Crippen molar-refractivity contribution in [2.75, 3.05) is 27.2 Å². The normalized spacial score (nSPS) is 23.5. The molecule has 24 heavy (non-hydrogen) atoms. The molecule has 2 unspecified atom stereocenters. The second-order valence-electron chi connectivity index (χ2n) is 7.43. The smallest absolute Gasteiger partial charge is 0.135 e. The number of aliphatic hydroxyl groups is 1. The number of nitrogens with one attached hydrogen (secondary N) is 1. The lowest BCUT2D eigenvalue weighted by Gasteiger charge is -2.47. The molecule has 2 aromatic rings. The van der Waals surface area contributed by atoms with Crippen LogP contribution in [0.3, 0.4) is 0 Å². The molecule has 2 N–H and O–H groups in total. The first kappa shape index (κ1) is 17.5. The van der Waals surface area contributed by atoms with Gasteiger partial charge < -0.3 is 19.7 Å². The molecule has 0 saturated heterocycles. The lowest BCUT2D eigenvalue weighted by Crippen LogP contribution is -2.58. The van der Waals surface area contributed by atoms with Gasteiger partial charge in [0.2, 0.25) is 0 Å². The van der Waals surface area contributed by atoms with Crippen LogP contribution in [0.2, 0.25) is 0 Å². The van der Waals surface area contributed by atoms with Gasteiger partial charge in [-0.05, 0) is 51.4 Å². The first-order chi connectivity index (χ1) is 11.4. The fourth-order valence-corrected chi connectivity index (χ4v) is 4.22. The number of ether oxygens (including phenoxy) is 1. The number of nitrogens with zero attached hydrogens (tertiary/aromatic N) is 1. The highest BCUT2D eigenvalue weighted by molar-refractivity contribution is 5.88. The molecule has 0 spiro atoms. The largest absolute Gasteiger partial charge is 0.385 e. The van der Waals surface area contributed by atoms with Crippen LogP contribution in [0.25, 0.3) is 10.9 Å². The van der Waals surface area contributed by atoms with Crippen LogP contribution in [0, 0.1) is 0 Å². The van der Waals surface area contributed by atoms with Crippen molar-refractivity contribution in [3.05, 3.63) is 35.0 Å². The van der Waals surface area contributed by atoms with Gasteiger partial charge in [0.1, 0.15) is 11.2 Å². The van der Waals surface area contributed by atoms with Gasteiger partial charge in [0.05, 0.1) is 12.3 Å². The van der Waals surface area contributed by atoms with E-state index in [1.165, 1.54) is 22.0 Å². The van der Waals surface area contributed by atoms with Gasteiger partial charge in [-0.15, -0.1) is 0 Å². The summed E-state index contributed by atoms with van der Waals surface area (Å²) in [6.07, 6.45) is 2.51. The first-order valence-electron chi connectivity index (χ1n) is 9.00. The van der Waals surface area contributed by atoms with Crippen LogP contribution in [-0.2, 0) is 23.2 Å². The quantitative estimate of drug-likeness (QED) is 0.885. The van der Waals surface area contributed by atoms with E-state index in [4.69, 9.17) is 4.74 Å². The third kappa shape index (κ3) is 2.48. The second kappa shape index (κ2) is 6.17. The number of benzene rings is 1. The summed E-state index contributed by atoms with van der Waals surface area (Å²) in [5.74, 6) is 0. The lowest BCUT2D eigenvalue weighted by molar-refractivity contribution is -0.196. The topological polar surface area (TPSA) is 48.5 Å². The van der Waals surface area contributed by atoms with E-state index in [0.717, 1.165) is 18.5 Å². The molecular weight excluding hydrogens is 300 g/mol. The Morgan fingerprint density at radius 2 is 2.08 bits per heavy atom. The maximum Gasteiger partial charge on any atom is 0.135 e. The van der Waals surface area contributed by atoms with Crippen molar-refractivity contribution in [2.24, 2.45) is 0 Å². The molecule has 0 fully saturated rings. The summed E-state index contributed by atoms with van der Waals surface area (Å²) in [5, 5.41) is 12.8. The second-order valence-corrected chi connectivity index (χ2v) is 7.43. The molecule has 0 amide bonds. The van der Waals surface area contributed by atoms with Gasteiger partial charge in [0, 0.05) is 17.4 Å². The van der Waals surface area contributed by atoms with E-state index in [-0.39, 0.29) is 0 Å². The predicted octanol–water partition coefficient (Wildman–Crippen LogP) is 3.22. The molecule has 4 nitrogen and oxygen atoms in total. The van der Waals surface area contributed by atoms with Gasteiger partial charge in [-0.2, -0.15) is 0 Å². The number of hydrogen-bond donors (Lipinski definition) is 2. The molecule has 0 saturated carbocycles. The third-order valence-electron chi connectivity index (χ3n) is 5.68. The summed E-state index contributed by atoms with van der Waals surface area (Å²) < 4.78 is 6.24. The maximum absolute atomic E-state index is 11.5. The number of hydrogen-bond acceptors (Lipinski definition) is 3. The van der Waals surface area contributed by atoms with E-state index < -0.39 is 11.2 Å². The monoisotopic (exact) mass is 330 g/mol. The number of fused-ring (bicyclic) bond motifs is 3. The molecule has 1 aliphatic rings. The molecule has 1 aromatic heterocycles. The van der Waals surface area contributed by atoms with E-state index in [0.29, 0.717) is 19.6 Å². The third-order valence-corrected chi connectivity index (χ3v) is 5.68. The number of para-hydroxylation sites is 1. The minimum absolute atomic E-state index is 0.565. The summed E-state index contributed by atoms with van der Waals surface area (Å²) in [5.41, 5.74) is 3.19. The Morgan fingerprint density at radius 1 is 1.33 bits per heavy atom. The number of aryl methyl sites for hydroxylation is 1. The Balaban J connectivity index is 2.21. The Hall–Kier alpha value is -1.36. The highest BCUT2D eigenvalue weighted by Crippen LogP contribution is 2.45. The Morgan fingerprint density at radius 3 is 2.71 bits per heavy atom. The minimum atomic E-state index is -0.946. The molecule has 4 heteroatoms. The molecule has 0 aliphatic carbocycles. The number of aromatic nitrogens is 1. The Kier molecular flexibility index (Phi) is 4.49. The van der Waals surface area contributed by atoms with Gasteiger partial charge in [0.15, 0.2) is 0 Å². The number of aromatic amines is 1. The van der Waals surface area contributed by atoms with Crippen molar-refractivity contribution in [2.45, 2.75) is 51.2 Å². The van der Waals surface area contributed by atoms with Crippen molar-refractivity contribution >= 4 is 10.9 Å². The van der Waals surface area contributed by atoms with Crippen LogP contribution in [-0.4, -0.2) is 47.8 Å². The summed E-state index contributed by atoms with van der Waals surface area (Å²) in [6, 6.07) is 6.49. The summed E-state index contributed by atoms with van der Waals surface area (Å²) in [6.45, 7) is 7.46. The molecule has 1 aliphatic heterocycles. The number of likely N-dealkylation sites (N-methyl/N-ethyl adjacent to an activating group) is 1. The van der Waals surface area contributed by atoms with Crippen molar-refractivity contribution in [1.82, 2.24) is 9.88 Å². The minimum Gasteiger partial charge on any atom is -0.385 e. The molecule has 3 rings (SSSR count). The van der Waals surface area contributed by atoms with Crippen molar-refractivity contribution < 1.29 is 9.84 Å². The fourth-order valence-electron chi connectivity index (χ4n) is 4.22. The maximum atomic E-state index is 11.5. The number of H-pyrrole nitrogens is 1. The molecule has 132 valence electrons. The average molecular weight is 330 g/mol. The molecule has 1 aromatic carbocycles. The zero-order valence-corrected chi connectivity index (χ0v) is 15.6. The van der Waals surface area contributed by atoms with E-state index in [1.54, 1.807) is 0 Å². The van der Waals surface area contributed by atoms with Crippen LogP contribution in [0.4, 0.5) is 0 Å². The molecule has 2 atom stereocenters. The fraction of sp³-hybridized carbons (Fsp3) is 0.600. The Bertz CT molecular complexity index is 737. The van der Waals surface area contributed by atoms with E-state index in [1.807, 2.05) is 32.8 Å². The summed E-state index contributed by atoms with van der Waals surface area (Å²) in [7, 11) is 3.99. The highest BCUT2D eigenvalue weighted by Gasteiger charge is 2.52. The summed E-state index contributed by atoms with van der Waals surface area (Å²) >= 11 is 0.